The van der Waals surface area contributed by atoms with Gasteiger partial charge in [0.2, 0.25) is 5.92 Å². The number of nitrogens with one attached hydrogen (secondary N) is 1. The van der Waals surface area contributed by atoms with Crippen molar-refractivity contribution < 1.29 is 40.7 Å². The number of pyridine rings is 1. The van der Waals surface area contributed by atoms with Crippen LogP contribution in [0.5, 0.6) is 5.75 Å². The summed E-state index contributed by atoms with van der Waals surface area (Å²) >= 11 is 5.46. The van der Waals surface area contributed by atoms with Gasteiger partial charge in [-0.1, -0.05) is 11.6 Å². The third kappa shape index (κ3) is 6.61. The second kappa shape index (κ2) is 10.9. The van der Waals surface area contributed by atoms with E-state index in [0.717, 1.165) is 30.3 Å². The third-order valence-electron chi connectivity index (χ3n) is 6.34. The lowest BCUT2D eigenvalue weighted by Crippen LogP contribution is -2.60. The molecule has 14 heteroatoms. The molecule has 0 saturated heterocycles. The predicted molar refractivity (Wildman–Crippen MR) is 126 cm³/mol. The highest BCUT2D eigenvalue weighted by Crippen LogP contribution is 2.38. The van der Waals surface area contributed by atoms with Gasteiger partial charge in [0.1, 0.15) is 11.3 Å². The highest BCUT2D eigenvalue weighted by atomic mass is 35.5. The minimum Gasteiger partial charge on any atom is -0.406 e. The van der Waals surface area contributed by atoms with Crippen LogP contribution in [0.25, 0.3) is 0 Å². The van der Waals surface area contributed by atoms with Crippen molar-refractivity contribution in [1.29, 1.82) is 0 Å². The number of aromatic nitrogens is 1. The first-order valence-electron chi connectivity index (χ1n) is 11.4. The molecule has 208 valence electrons. The van der Waals surface area contributed by atoms with Crippen LogP contribution in [0.15, 0.2) is 47.4 Å². The van der Waals surface area contributed by atoms with Crippen molar-refractivity contribution in [2.45, 2.75) is 62.1 Å². The van der Waals surface area contributed by atoms with Gasteiger partial charge in [0.05, 0.1) is 0 Å². The number of ether oxygens (including phenoxy) is 1. The Bertz CT molecular complexity index is 1220. The standard InChI is InChI=1S/C24H24ClF6N3O4/c1-22(14-9-12-33(2)18(35)13-14,21(37)32-15-7-10-23(27,28)11-8-15)34(20(36)19(25)26)16-3-5-17(6-4-16)38-24(29,30)31/h3-6,9,12-13,15,19H,7-8,10-11H2,1-2H3,(H,32,37)/t19-,22-/m0/s1. The van der Waals surface area contributed by atoms with Crippen LogP contribution in [-0.2, 0) is 22.2 Å². The monoisotopic (exact) mass is 567 g/mol. The number of rotatable bonds is 7. The first kappa shape index (κ1) is 29.3. The second-order valence-electron chi connectivity index (χ2n) is 9.06. The van der Waals surface area contributed by atoms with E-state index in [4.69, 9.17) is 11.6 Å². The van der Waals surface area contributed by atoms with E-state index in [-0.39, 0.29) is 24.1 Å². The number of halogens is 7. The number of carbonyl (C=O) groups is 2. The van der Waals surface area contributed by atoms with Gasteiger partial charge < -0.3 is 14.6 Å². The molecule has 1 N–H and O–H groups in total. The molecule has 0 spiro atoms. The zero-order valence-electron chi connectivity index (χ0n) is 20.2. The second-order valence-corrected chi connectivity index (χ2v) is 9.44. The van der Waals surface area contributed by atoms with Gasteiger partial charge in [-0.2, -0.15) is 0 Å². The van der Waals surface area contributed by atoms with Crippen LogP contribution in [0.1, 0.15) is 38.2 Å². The van der Waals surface area contributed by atoms with Gasteiger partial charge in [0.15, 0.2) is 0 Å². The van der Waals surface area contributed by atoms with E-state index < -0.39 is 65.5 Å². The Morgan fingerprint density at radius 3 is 2.24 bits per heavy atom. The number of hydrogen-bond acceptors (Lipinski definition) is 4. The summed E-state index contributed by atoms with van der Waals surface area (Å²) in [5.74, 6) is -5.94. The summed E-state index contributed by atoms with van der Waals surface area (Å²) < 4.78 is 84.3. The quantitative estimate of drug-likeness (QED) is 0.386. The average molecular weight is 568 g/mol. The largest absolute Gasteiger partial charge is 0.573 e. The number of amides is 2. The van der Waals surface area contributed by atoms with E-state index in [1.807, 2.05) is 0 Å². The topological polar surface area (TPSA) is 80.6 Å². The third-order valence-corrected chi connectivity index (χ3v) is 6.53. The van der Waals surface area contributed by atoms with Crippen LogP contribution in [-0.4, -0.2) is 40.3 Å². The molecule has 38 heavy (non-hydrogen) atoms. The van der Waals surface area contributed by atoms with Crippen molar-refractivity contribution in [2.75, 3.05) is 4.90 Å². The molecule has 1 aromatic heterocycles. The van der Waals surface area contributed by atoms with Gasteiger partial charge >= 0.3 is 6.36 Å². The molecular weight excluding hydrogens is 544 g/mol. The Morgan fingerprint density at radius 1 is 1.16 bits per heavy atom. The van der Waals surface area contributed by atoms with Crippen LogP contribution in [0.2, 0.25) is 0 Å². The number of carbonyl (C=O) groups excluding carboxylic acids is 2. The van der Waals surface area contributed by atoms with Gasteiger partial charge in [0.25, 0.3) is 23.0 Å². The van der Waals surface area contributed by atoms with E-state index in [9.17, 15) is 40.7 Å². The molecule has 0 bridgehead atoms. The van der Waals surface area contributed by atoms with Gasteiger partial charge in [-0.3, -0.25) is 19.3 Å². The number of nitrogens with zero attached hydrogens (tertiary/aromatic N) is 2. The van der Waals surface area contributed by atoms with Crippen molar-refractivity contribution in [3.63, 3.8) is 0 Å². The minimum atomic E-state index is -5.01. The molecule has 1 saturated carbocycles. The van der Waals surface area contributed by atoms with Crippen molar-refractivity contribution in [1.82, 2.24) is 9.88 Å². The molecular formula is C24H24ClF6N3O4. The maximum absolute atomic E-state index is 14.2. The fourth-order valence-corrected chi connectivity index (χ4v) is 4.32. The molecule has 0 unspecified atom stereocenters. The fourth-order valence-electron chi connectivity index (χ4n) is 4.22. The molecule has 1 aliphatic carbocycles. The van der Waals surface area contributed by atoms with Crippen molar-refractivity contribution >= 4 is 29.1 Å². The van der Waals surface area contributed by atoms with Crippen LogP contribution in [0, 0.1) is 0 Å². The lowest BCUT2D eigenvalue weighted by Gasteiger charge is -2.42. The molecule has 1 fully saturated rings. The lowest BCUT2D eigenvalue weighted by atomic mass is 9.86. The average Bonchev–Trinajstić information content (AvgIpc) is 2.82. The highest BCUT2D eigenvalue weighted by molar-refractivity contribution is 6.32. The number of aryl methyl sites for hydroxylation is 1. The Balaban J connectivity index is 2.11. The fraction of sp³-hybridized carbons (Fsp3) is 0.458. The first-order chi connectivity index (χ1) is 17.5. The van der Waals surface area contributed by atoms with E-state index in [0.29, 0.717) is 4.90 Å². The molecule has 2 amide bonds. The van der Waals surface area contributed by atoms with Crippen LogP contribution >= 0.6 is 11.6 Å². The summed E-state index contributed by atoms with van der Waals surface area (Å²) in [6, 6.07) is 5.27. The summed E-state index contributed by atoms with van der Waals surface area (Å²) in [7, 11) is 1.42. The Hall–Kier alpha value is -3.22. The Morgan fingerprint density at radius 2 is 1.74 bits per heavy atom. The van der Waals surface area contributed by atoms with Crippen LogP contribution < -0.4 is 20.5 Å². The van der Waals surface area contributed by atoms with Crippen molar-refractivity contribution in [3.8, 4) is 5.75 Å². The summed E-state index contributed by atoms with van der Waals surface area (Å²) in [6.07, 6.45) is -4.85. The number of benzene rings is 1. The molecule has 1 aromatic carbocycles. The van der Waals surface area contributed by atoms with Gasteiger partial charge in [0, 0.05) is 43.9 Å². The van der Waals surface area contributed by atoms with E-state index in [2.05, 4.69) is 10.1 Å². The maximum atomic E-state index is 14.2. The van der Waals surface area contributed by atoms with E-state index in [1.54, 1.807) is 0 Å². The molecule has 1 heterocycles. The van der Waals surface area contributed by atoms with E-state index in [1.165, 1.54) is 30.8 Å². The molecule has 0 radical (unpaired) electrons. The molecule has 1 aliphatic rings. The summed E-state index contributed by atoms with van der Waals surface area (Å²) in [4.78, 5) is 39.9. The molecule has 7 nitrogen and oxygen atoms in total. The van der Waals surface area contributed by atoms with Crippen molar-refractivity contribution in [2.24, 2.45) is 7.05 Å². The summed E-state index contributed by atoms with van der Waals surface area (Å²) in [5, 5.41) is 2.60. The smallest absolute Gasteiger partial charge is 0.406 e. The number of anilines is 1. The van der Waals surface area contributed by atoms with Gasteiger partial charge in [-0.25, -0.2) is 13.2 Å². The SMILES string of the molecule is Cn1ccc([C@@](C)(C(=O)NC2CCC(F)(F)CC2)N(C(=O)[C@H](F)Cl)c2ccc(OC(F)(F)F)cc2)cc1=O. The number of hydrogen-bond donors (Lipinski definition) is 1. The van der Waals surface area contributed by atoms with Crippen molar-refractivity contribution in [3.05, 3.63) is 58.5 Å². The lowest BCUT2D eigenvalue weighted by molar-refractivity contribution is -0.274. The number of alkyl halides is 7. The molecule has 0 aliphatic heterocycles. The first-order valence-corrected chi connectivity index (χ1v) is 11.8. The predicted octanol–water partition coefficient (Wildman–Crippen LogP) is 4.76. The molecule has 3 rings (SSSR count). The van der Waals surface area contributed by atoms with Gasteiger partial charge in [-0.05, 0) is 55.7 Å². The van der Waals surface area contributed by atoms with Crippen LogP contribution in [0.4, 0.5) is 32.0 Å². The molecule has 2 aromatic rings. The van der Waals surface area contributed by atoms with Crippen LogP contribution in [0.3, 0.4) is 0 Å². The normalized spacial score (nSPS) is 18.2. The highest BCUT2D eigenvalue weighted by Gasteiger charge is 2.48. The Labute approximate surface area is 218 Å². The zero-order chi connectivity index (χ0) is 28.5. The van der Waals surface area contributed by atoms with E-state index >= 15 is 0 Å². The van der Waals surface area contributed by atoms with Gasteiger partial charge in [-0.15, -0.1) is 13.2 Å². The summed E-state index contributed by atoms with van der Waals surface area (Å²) in [6.45, 7) is 1.19. The Kier molecular flexibility index (Phi) is 8.39. The summed E-state index contributed by atoms with van der Waals surface area (Å²) in [5.41, 5.74) is -5.80. The minimum absolute atomic E-state index is 0.0793. The zero-order valence-corrected chi connectivity index (χ0v) is 21.0. The molecule has 2 atom stereocenters. The maximum Gasteiger partial charge on any atom is 0.573 e.